The second-order valence-electron chi connectivity index (χ2n) is 5.28. The number of hydrogen-bond acceptors (Lipinski definition) is 5. The highest BCUT2D eigenvalue weighted by Gasteiger charge is 2.13. The smallest absolute Gasteiger partial charge is 0.264 e. The Hall–Kier alpha value is -2.51. The van der Waals surface area contributed by atoms with E-state index in [2.05, 4.69) is 10.1 Å². The first kappa shape index (κ1) is 16.4. The molecule has 2 aromatic heterocycles. The zero-order valence-corrected chi connectivity index (χ0v) is 14.0. The second-order valence-corrected chi connectivity index (χ2v) is 6.93. The quantitative estimate of drug-likeness (QED) is 0.643. The highest BCUT2D eigenvalue weighted by molar-refractivity contribution is 7.85. The number of pyridine rings is 1. The Kier molecular flexibility index (Phi) is 4.73. The summed E-state index contributed by atoms with van der Waals surface area (Å²) in [7, 11) is -3.45. The molecule has 1 aromatic carbocycles. The molecule has 124 valence electrons. The maximum Gasteiger partial charge on any atom is 0.264 e. The van der Waals surface area contributed by atoms with Crippen LogP contribution in [0.2, 0.25) is 0 Å². The Labute approximate surface area is 140 Å². The molecule has 24 heavy (non-hydrogen) atoms. The Balaban J connectivity index is 1.94. The molecule has 0 aliphatic rings. The van der Waals surface area contributed by atoms with Gasteiger partial charge in [-0.3, -0.25) is 13.8 Å². The van der Waals surface area contributed by atoms with Crippen molar-refractivity contribution in [3.05, 3.63) is 61.1 Å². The molecular weight excluding hydrogens is 326 g/mol. The minimum atomic E-state index is -3.45. The fraction of sp³-hybridized carbons (Fsp3) is 0.176. The predicted octanol–water partition coefficient (Wildman–Crippen LogP) is 2.59. The third-order valence-corrected chi connectivity index (χ3v) is 4.01. The summed E-state index contributed by atoms with van der Waals surface area (Å²) in [4.78, 5) is 4.04. The van der Waals surface area contributed by atoms with Crippen molar-refractivity contribution in [2.75, 3.05) is 12.9 Å². The van der Waals surface area contributed by atoms with Crippen molar-refractivity contribution >= 4 is 10.1 Å². The zero-order chi connectivity index (χ0) is 17.0. The summed E-state index contributed by atoms with van der Waals surface area (Å²) >= 11 is 0. The van der Waals surface area contributed by atoms with Gasteiger partial charge in [0.1, 0.15) is 5.69 Å². The largest absolute Gasteiger partial charge is 0.269 e. The van der Waals surface area contributed by atoms with Crippen LogP contribution in [0.15, 0.2) is 61.1 Å². The van der Waals surface area contributed by atoms with E-state index in [4.69, 9.17) is 4.18 Å². The lowest BCUT2D eigenvalue weighted by molar-refractivity contribution is 0.297. The van der Waals surface area contributed by atoms with Crippen LogP contribution in [0.4, 0.5) is 0 Å². The average Bonchev–Trinajstić information content (AvgIpc) is 2.99. The lowest BCUT2D eigenvalue weighted by Crippen LogP contribution is -2.10. The van der Waals surface area contributed by atoms with Crippen molar-refractivity contribution < 1.29 is 12.6 Å². The molecule has 0 saturated heterocycles. The molecule has 3 rings (SSSR count). The van der Waals surface area contributed by atoms with Crippen LogP contribution in [-0.4, -0.2) is 36.0 Å². The molecule has 0 unspecified atom stereocenters. The van der Waals surface area contributed by atoms with E-state index in [9.17, 15) is 8.42 Å². The summed E-state index contributed by atoms with van der Waals surface area (Å²) in [5.41, 5.74) is 3.79. The van der Waals surface area contributed by atoms with Crippen molar-refractivity contribution in [2.45, 2.75) is 6.54 Å². The normalized spacial score (nSPS) is 11.5. The van der Waals surface area contributed by atoms with Gasteiger partial charge in [0.25, 0.3) is 10.1 Å². The van der Waals surface area contributed by atoms with Crippen molar-refractivity contribution in [1.29, 1.82) is 0 Å². The number of aromatic nitrogens is 3. The van der Waals surface area contributed by atoms with Crippen LogP contribution in [-0.2, 0) is 20.8 Å². The number of benzene rings is 1. The van der Waals surface area contributed by atoms with E-state index in [0.29, 0.717) is 6.54 Å². The van der Waals surface area contributed by atoms with Crippen molar-refractivity contribution in [1.82, 2.24) is 14.8 Å². The van der Waals surface area contributed by atoms with Gasteiger partial charge in [-0.1, -0.05) is 30.3 Å². The molecule has 0 saturated carbocycles. The van der Waals surface area contributed by atoms with Gasteiger partial charge in [0, 0.05) is 29.7 Å². The standard InChI is InChI=1S/C17H17N3O3S/c1-24(21,22)23-12-11-20-13-16(14-7-9-18-10-8-14)17(19-20)15-5-3-2-4-6-15/h2-10,13H,11-12H2,1H3. The third kappa shape index (κ3) is 4.06. The summed E-state index contributed by atoms with van der Waals surface area (Å²) < 4.78 is 28.6. The minimum absolute atomic E-state index is 0.0462. The van der Waals surface area contributed by atoms with Crippen LogP contribution in [0.5, 0.6) is 0 Å². The lowest BCUT2D eigenvalue weighted by Gasteiger charge is -2.02. The summed E-state index contributed by atoms with van der Waals surface area (Å²) in [6.07, 6.45) is 6.39. The molecule has 0 atom stereocenters. The van der Waals surface area contributed by atoms with E-state index in [0.717, 1.165) is 28.6 Å². The van der Waals surface area contributed by atoms with Gasteiger partial charge in [0.15, 0.2) is 0 Å². The molecule has 0 fully saturated rings. The van der Waals surface area contributed by atoms with E-state index in [1.165, 1.54) is 0 Å². The molecule has 0 spiro atoms. The van der Waals surface area contributed by atoms with Gasteiger partial charge in [-0.15, -0.1) is 0 Å². The Morgan fingerprint density at radius 1 is 1.04 bits per heavy atom. The van der Waals surface area contributed by atoms with Crippen molar-refractivity contribution in [2.24, 2.45) is 0 Å². The van der Waals surface area contributed by atoms with Crippen molar-refractivity contribution in [3.8, 4) is 22.4 Å². The lowest BCUT2D eigenvalue weighted by atomic mass is 10.0. The molecule has 2 heterocycles. The van der Waals surface area contributed by atoms with Gasteiger partial charge in [-0.25, -0.2) is 0 Å². The minimum Gasteiger partial charge on any atom is -0.269 e. The monoisotopic (exact) mass is 343 g/mol. The number of rotatable bonds is 6. The molecule has 0 aliphatic carbocycles. The molecule has 0 radical (unpaired) electrons. The van der Waals surface area contributed by atoms with Crippen LogP contribution in [0, 0.1) is 0 Å². The van der Waals surface area contributed by atoms with Crippen LogP contribution >= 0.6 is 0 Å². The fourth-order valence-electron chi connectivity index (χ4n) is 2.37. The summed E-state index contributed by atoms with van der Waals surface area (Å²) in [6.45, 7) is 0.391. The zero-order valence-electron chi connectivity index (χ0n) is 13.2. The maximum atomic E-state index is 11.1. The van der Waals surface area contributed by atoms with E-state index >= 15 is 0 Å². The Morgan fingerprint density at radius 2 is 1.75 bits per heavy atom. The van der Waals surface area contributed by atoms with Gasteiger partial charge in [-0.05, 0) is 17.7 Å². The Bertz CT molecular complexity index is 850. The van der Waals surface area contributed by atoms with Gasteiger partial charge in [0.05, 0.1) is 19.4 Å². The Morgan fingerprint density at radius 3 is 2.42 bits per heavy atom. The summed E-state index contributed by atoms with van der Waals surface area (Å²) in [6, 6.07) is 13.7. The first-order valence-corrected chi connectivity index (χ1v) is 9.22. The topological polar surface area (TPSA) is 74.1 Å². The summed E-state index contributed by atoms with van der Waals surface area (Å²) in [5.74, 6) is 0. The molecule has 0 N–H and O–H groups in total. The fourth-order valence-corrected chi connectivity index (χ4v) is 2.75. The van der Waals surface area contributed by atoms with E-state index < -0.39 is 10.1 Å². The molecule has 6 nitrogen and oxygen atoms in total. The van der Waals surface area contributed by atoms with Gasteiger partial charge >= 0.3 is 0 Å². The first-order chi connectivity index (χ1) is 11.5. The second kappa shape index (κ2) is 6.94. The SMILES string of the molecule is CS(=O)(=O)OCCn1cc(-c2ccncc2)c(-c2ccccc2)n1. The highest BCUT2D eigenvalue weighted by atomic mass is 32.2. The van der Waals surface area contributed by atoms with Crippen LogP contribution < -0.4 is 0 Å². The van der Waals surface area contributed by atoms with Crippen molar-refractivity contribution in [3.63, 3.8) is 0 Å². The number of hydrogen-bond donors (Lipinski definition) is 0. The molecule has 3 aromatic rings. The predicted molar refractivity (Wildman–Crippen MR) is 91.7 cm³/mol. The van der Waals surface area contributed by atoms with Crippen LogP contribution in [0.25, 0.3) is 22.4 Å². The van der Waals surface area contributed by atoms with Gasteiger partial charge in [-0.2, -0.15) is 13.5 Å². The molecule has 0 aliphatic heterocycles. The van der Waals surface area contributed by atoms with Crippen LogP contribution in [0.3, 0.4) is 0 Å². The first-order valence-electron chi connectivity index (χ1n) is 7.40. The summed E-state index contributed by atoms with van der Waals surface area (Å²) in [5, 5.41) is 4.60. The van der Waals surface area contributed by atoms with E-state index in [1.54, 1.807) is 17.1 Å². The molecule has 7 heteroatoms. The number of nitrogens with zero attached hydrogens (tertiary/aromatic N) is 3. The van der Waals surface area contributed by atoms with Gasteiger partial charge < -0.3 is 0 Å². The maximum absolute atomic E-state index is 11.1. The van der Waals surface area contributed by atoms with E-state index in [1.807, 2.05) is 48.7 Å². The third-order valence-electron chi connectivity index (χ3n) is 3.42. The molecule has 0 bridgehead atoms. The highest BCUT2D eigenvalue weighted by Crippen LogP contribution is 2.30. The molecule has 0 amide bonds. The molecular formula is C17H17N3O3S. The van der Waals surface area contributed by atoms with E-state index in [-0.39, 0.29) is 6.61 Å². The average molecular weight is 343 g/mol. The van der Waals surface area contributed by atoms with Crippen LogP contribution in [0.1, 0.15) is 0 Å². The van der Waals surface area contributed by atoms with Gasteiger partial charge in [0.2, 0.25) is 0 Å².